The lowest BCUT2D eigenvalue weighted by Crippen LogP contribution is -2.27. The lowest BCUT2D eigenvalue weighted by Gasteiger charge is -2.28. The van der Waals surface area contributed by atoms with Gasteiger partial charge in [-0.3, -0.25) is 9.48 Å². The number of imidazole rings is 1. The number of rotatable bonds is 7. The minimum absolute atomic E-state index is 0.108. The molecule has 4 aromatic rings. The second kappa shape index (κ2) is 9.62. The summed E-state index contributed by atoms with van der Waals surface area (Å²) in [6, 6.07) is 16.0. The molecular formula is C26H27BrN4O3. The molecule has 5 rings (SSSR count). The lowest BCUT2D eigenvalue weighted by molar-refractivity contribution is -0.143. The summed E-state index contributed by atoms with van der Waals surface area (Å²) in [7, 11) is 1.88. The van der Waals surface area contributed by atoms with Crippen molar-refractivity contribution in [1.82, 2.24) is 19.3 Å². The molecule has 0 saturated heterocycles. The number of carboxylic acids is 1. The first-order chi connectivity index (χ1) is 16.5. The van der Waals surface area contributed by atoms with Crippen molar-refractivity contribution in [3.8, 4) is 5.75 Å². The topological polar surface area (TPSA) is 82.2 Å². The second-order valence-electron chi connectivity index (χ2n) is 8.94. The molecule has 34 heavy (non-hydrogen) atoms. The highest BCUT2D eigenvalue weighted by Crippen LogP contribution is 2.39. The SMILES string of the molecule is Cn1ccc(COc2ccc3nc([C@H]4CCCC[C@H]4C(=O)O)n(Cc4cccc(Br)c4)c3c2)n1. The first-order valence-electron chi connectivity index (χ1n) is 11.6. The Hall–Kier alpha value is -3.13. The van der Waals surface area contributed by atoms with E-state index in [1.165, 1.54) is 0 Å². The zero-order valence-corrected chi connectivity index (χ0v) is 20.6. The van der Waals surface area contributed by atoms with Gasteiger partial charge in [0.15, 0.2) is 0 Å². The van der Waals surface area contributed by atoms with Crippen LogP contribution in [0.15, 0.2) is 59.2 Å². The van der Waals surface area contributed by atoms with Crippen LogP contribution in [0.2, 0.25) is 0 Å². The normalized spacial score (nSPS) is 18.3. The maximum absolute atomic E-state index is 12.1. The Morgan fingerprint density at radius 1 is 1.18 bits per heavy atom. The Morgan fingerprint density at radius 2 is 2.03 bits per heavy atom. The van der Waals surface area contributed by atoms with Gasteiger partial charge in [-0.1, -0.05) is 40.9 Å². The smallest absolute Gasteiger partial charge is 0.307 e. The Labute approximate surface area is 206 Å². The number of benzene rings is 2. The van der Waals surface area contributed by atoms with Crippen LogP contribution in [0.1, 0.15) is 48.7 Å². The third kappa shape index (κ3) is 4.73. The van der Waals surface area contributed by atoms with E-state index in [9.17, 15) is 9.90 Å². The maximum atomic E-state index is 12.1. The number of fused-ring (bicyclic) bond motifs is 1. The van der Waals surface area contributed by atoms with E-state index < -0.39 is 11.9 Å². The number of aryl methyl sites for hydroxylation is 1. The summed E-state index contributed by atoms with van der Waals surface area (Å²) in [5.41, 5.74) is 3.78. The Bertz CT molecular complexity index is 1330. The number of aliphatic carboxylic acids is 1. The highest BCUT2D eigenvalue weighted by atomic mass is 79.9. The average Bonchev–Trinajstić information content (AvgIpc) is 3.40. The standard InChI is InChI=1S/C26H27BrN4O3/c1-30-12-11-19(29-30)16-34-20-9-10-23-24(14-20)31(15-17-5-4-6-18(27)13-17)25(28-23)21-7-2-3-8-22(21)26(32)33/h4-6,9-14,21-22H,2-3,7-8,15-16H2,1H3,(H,32,33)/t21-,22+/m0/s1. The van der Waals surface area contributed by atoms with Crippen molar-refractivity contribution in [2.24, 2.45) is 13.0 Å². The molecule has 0 unspecified atom stereocenters. The third-order valence-corrected chi connectivity index (χ3v) is 7.04. The van der Waals surface area contributed by atoms with Crippen molar-refractivity contribution in [1.29, 1.82) is 0 Å². The van der Waals surface area contributed by atoms with E-state index in [2.05, 4.69) is 37.7 Å². The molecule has 1 aliphatic rings. The Kier molecular flexibility index (Phi) is 6.41. The molecule has 1 saturated carbocycles. The molecule has 0 aliphatic heterocycles. The van der Waals surface area contributed by atoms with E-state index in [-0.39, 0.29) is 5.92 Å². The van der Waals surface area contributed by atoms with Crippen LogP contribution in [0.5, 0.6) is 5.75 Å². The van der Waals surface area contributed by atoms with Gasteiger partial charge < -0.3 is 14.4 Å². The number of halogens is 1. The zero-order valence-electron chi connectivity index (χ0n) is 19.0. The molecule has 7 nitrogen and oxygen atoms in total. The van der Waals surface area contributed by atoms with Gasteiger partial charge in [0.1, 0.15) is 18.2 Å². The van der Waals surface area contributed by atoms with Gasteiger partial charge in [0.2, 0.25) is 0 Å². The molecule has 8 heteroatoms. The van der Waals surface area contributed by atoms with Gasteiger partial charge in [0.25, 0.3) is 0 Å². The van der Waals surface area contributed by atoms with E-state index in [4.69, 9.17) is 9.72 Å². The predicted octanol–water partition coefficient (Wildman–Crippen LogP) is 5.52. The van der Waals surface area contributed by atoms with Gasteiger partial charge in [-0.15, -0.1) is 0 Å². The fraction of sp³-hybridized carbons (Fsp3) is 0.346. The zero-order chi connectivity index (χ0) is 23.7. The van der Waals surface area contributed by atoms with Crippen LogP contribution in [0, 0.1) is 5.92 Å². The monoisotopic (exact) mass is 522 g/mol. The largest absolute Gasteiger partial charge is 0.487 e. The molecule has 1 aliphatic carbocycles. The summed E-state index contributed by atoms with van der Waals surface area (Å²) in [6.07, 6.45) is 5.39. The molecule has 0 spiro atoms. The van der Waals surface area contributed by atoms with Crippen molar-refractivity contribution in [2.75, 3.05) is 0 Å². The molecule has 1 fully saturated rings. The highest BCUT2D eigenvalue weighted by Gasteiger charge is 2.35. The van der Waals surface area contributed by atoms with Crippen LogP contribution in [0.3, 0.4) is 0 Å². The van der Waals surface area contributed by atoms with Gasteiger partial charge in [-0.05, 0) is 48.7 Å². The van der Waals surface area contributed by atoms with Crippen molar-refractivity contribution in [3.05, 3.63) is 76.3 Å². The van der Waals surface area contributed by atoms with Crippen molar-refractivity contribution < 1.29 is 14.6 Å². The van der Waals surface area contributed by atoms with Crippen LogP contribution >= 0.6 is 15.9 Å². The minimum atomic E-state index is -0.731. The summed E-state index contributed by atoms with van der Waals surface area (Å²) in [4.78, 5) is 17.0. The molecule has 2 atom stereocenters. The van der Waals surface area contributed by atoms with E-state index in [0.717, 1.165) is 57.6 Å². The molecule has 2 aromatic heterocycles. The number of hydrogen-bond acceptors (Lipinski definition) is 4. The van der Waals surface area contributed by atoms with E-state index in [0.29, 0.717) is 19.6 Å². The van der Waals surface area contributed by atoms with E-state index in [1.807, 2.05) is 49.6 Å². The molecular weight excluding hydrogens is 496 g/mol. The van der Waals surface area contributed by atoms with E-state index >= 15 is 0 Å². The van der Waals surface area contributed by atoms with Crippen LogP contribution in [-0.4, -0.2) is 30.4 Å². The summed E-state index contributed by atoms with van der Waals surface area (Å²) in [6.45, 7) is 0.987. The van der Waals surface area contributed by atoms with Crippen molar-refractivity contribution in [3.63, 3.8) is 0 Å². The van der Waals surface area contributed by atoms with Gasteiger partial charge >= 0.3 is 5.97 Å². The predicted molar refractivity (Wildman–Crippen MR) is 133 cm³/mol. The highest BCUT2D eigenvalue weighted by molar-refractivity contribution is 9.10. The van der Waals surface area contributed by atoms with Gasteiger partial charge in [-0.25, -0.2) is 4.98 Å². The molecule has 0 bridgehead atoms. The Balaban J connectivity index is 1.55. The quantitative estimate of drug-likeness (QED) is 0.345. The summed E-state index contributed by atoms with van der Waals surface area (Å²) in [5, 5.41) is 14.3. The molecule has 0 radical (unpaired) electrons. The van der Waals surface area contributed by atoms with Crippen LogP contribution in [0.4, 0.5) is 0 Å². The molecule has 1 N–H and O–H groups in total. The number of aromatic nitrogens is 4. The van der Waals surface area contributed by atoms with Crippen molar-refractivity contribution in [2.45, 2.75) is 44.8 Å². The molecule has 2 aromatic carbocycles. The lowest BCUT2D eigenvalue weighted by atomic mass is 9.78. The average molecular weight is 523 g/mol. The fourth-order valence-electron chi connectivity index (χ4n) is 4.91. The Morgan fingerprint density at radius 3 is 2.79 bits per heavy atom. The second-order valence-corrected chi connectivity index (χ2v) is 9.86. The first kappa shape index (κ1) is 22.7. The summed E-state index contributed by atoms with van der Waals surface area (Å²) >= 11 is 3.57. The molecule has 176 valence electrons. The molecule has 2 heterocycles. The maximum Gasteiger partial charge on any atom is 0.307 e. The number of hydrogen-bond donors (Lipinski definition) is 1. The van der Waals surface area contributed by atoms with Gasteiger partial charge in [0.05, 0.1) is 22.6 Å². The number of ether oxygens (including phenoxy) is 1. The van der Waals surface area contributed by atoms with E-state index in [1.54, 1.807) is 4.68 Å². The van der Waals surface area contributed by atoms with Crippen LogP contribution in [-0.2, 0) is 25.0 Å². The summed E-state index contributed by atoms with van der Waals surface area (Å²) < 4.78 is 11.0. The first-order valence-corrected chi connectivity index (χ1v) is 12.4. The van der Waals surface area contributed by atoms with Gasteiger partial charge in [-0.2, -0.15) is 5.10 Å². The number of nitrogens with zero attached hydrogens (tertiary/aromatic N) is 4. The minimum Gasteiger partial charge on any atom is -0.487 e. The summed E-state index contributed by atoms with van der Waals surface area (Å²) in [5.74, 6) is 0.336. The number of carbonyl (C=O) groups is 1. The van der Waals surface area contributed by atoms with Gasteiger partial charge in [0, 0.05) is 36.2 Å². The fourth-order valence-corrected chi connectivity index (χ4v) is 5.36. The number of carboxylic acid groups (broad SMARTS) is 1. The third-order valence-electron chi connectivity index (χ3n) is 6.55. The van der Waals surface area contributed by atoms with Crippen molar-refractivity contribution >= 4 is 32.9 Å². The van der Waals surface area contributed by atoms with Crippen LogP contribution in [0.25, 0.3) is 11.0 Å². The molecule has 0 amide bonds. The van der Waals surface area contributed by atoms with Crippen LogP contribution < -0.4 is 4.74 Å².